The number of aromatic nitrogens is 2. The minimum atomic E-state index is -1.99. The maximum Gasteiger partial charge on any atom is 0.410 e. The van der Waals surface area contributed by atoms with Gasteiger partial charge in [0.05, 0.1) is 17.3 Å². The molecule has 1 aliphatic rings. The summed E-state index contributed by atoms with van der Waals surface area (Å²) in [4.78, 5) is 15.0. The molecule has 2 heterocycles. The predicted octanol–water partition coefficient (Wildman–Crippen LogP) is 7.66. The molecule has 36 heavy (non-hydrogen) atoms. The van der Waals surface area contributed by atoms with Crippen LogP contribution in [0, 0.1) is 0 Å². The highest BCUT2D eigenvalue weighted by Crippen LogP contribution is 2.46. The molecule has 0 aliphatic carbocycles. The summed E-state index contributed by atoms with van der Waals surface area (Å²) in [6, 6.07) is 6.28. The number of aliphatic hydroxyl groups is 1. The summed E-state index contributed by atoms with van der Waals surface area (Å²) in [5.74, 6) is 0. The van der Waals surface area contributed by atoms with E-state index in [1.54, 1.807) is 4.90 Å². The summed E-state index contributed by atoms with van der Waals surface area (Å²) >= 11 is 0. The van der Waals surface area contributed by atoms with Crippen molar-refractivity contribution in [2.45, 2.75) is 129 Å². The average Bonchev–Trinajstić information content (AvgIpc) is 3.37. The van der Waals surface area contributed by atoms with E-state index in [9.17, 15) is 9.90 Å². The summed E-state index contributed by atoms with van der Waals surface area (Å²) in [7, 11) is -1.99. The third kappa shape index (κ3) is 4.85. The summed E-state index contributed by atoms with van der Waals surface area (Å²) in [5, 5.41) is 17.9. The molecule has 0 bridgehead atoms. The van der Waals surface area contributed by atoms with Gasteiger partial charge in [0.2, 0.25) is 0 Å². The predicted molar refractivity (Wildman–Crippen MR) is 151 cm³/mol. The Hall–Kier alpha value is -1.86. The normalized spacial score (nSPS) is 20.2. The highest BCUT2D eigenvalue weighted by molar-refractivity contribution is 6.82. The maximum atomic E-state index is 13.2. The van der Waals surface area contributed by atoms with Crippen LogP contribution in [0.15, 0.2) is 24.4 Å². The molecular formula is C29H49N3O3Si. The summed E-state index contributed by atoms with van der Waals surface area (Å²) in [5.41, 5.74) is 2.38. The van der Waals surface area contributed by atoms with Crippen LogP contribution in [0.25, 0.3) is 10.9 Å². The molecule has 2 atom stereocenters. The fraction of sp³-hybridized carbons (Fsp3) is 0.724. The highest BCUT2D eigenvalue weighted by atomic mass is 28.3. The smallest absolute Gasteiger partial charge is 0.410 e. The van der Waals surface area contributed by atoms with E-state index in [0.717, 1.165) is 42.1 Å². The van der Waals surface area contributed by atoms with E-state index >= 15 is 0 Å². The number of amides is 1. The van der Waals surface area contributed by atoms with E-state index in [0.29, 0.717) is 23.2 Å². The van der Waals surface area contributed by atoms with Gasteiger partial charge in [-0.3, -0.25) is 9.25 Å². The Morgan fingerprint density at radius 2 is 1.75 bits per heavy atom. The number of nitrogens with zero attached hydrogens (tertiary/aromatic N) is 3. The summed E-state index contributed by atoms with van der Waals surface area (Å²) in [6.07, 6.45) is 4.08. The number of aliphatic hydroxyl groups excluding tert-OH is 1. The van der Waals surface area contributed by atoms with Gasteiger partial charge < -0.3 is 9.84 Å². The molecule has 1 N–H and O–H groups in total. The number of hydrogen-bond donors (Lipinski definition) is 1. The van der Waals surface area contributed by atoms with E-state index in [1.165, 1.54) is 0 Å². The van der Waals surface area contributed by atoms with Gasteiger partial charge in [0.25, 0.3) is 0 Å². The second kappa shape index (κ2) is 10.5. The van der Waals surface area contributed by atoms with Crippen LogP contribution in [0.3, 0.4) is 0 Å². The van der Waals surface area contributed by atoms with Crippen molar-refractivity contribution in [3.05, 3.63) is 30.0 Å². The SMILES string of the molecule is CCCC1(C(O)c2ccc3c(cnn3[Si](C(C)C)(C(C)C)C(C)C)c2)CCCN1C(=O)OC(C)(C)C. The first kappa shape index (κ1) is 28.7. The lowest BCUT2D eigenvalue weighted by atomic mass is 9.81. The Kier molecular flexibility index (Phi) is 8.36. The molecular weight excluding hydrogens is 466 g/mol. The van der Waals surface area contributed by atoms with E-state index in [2.05, 4.69) is 64.9 Å². The van der Waals surface area contributed by atoms with Gasteiger partial charge >= 0.3 is 6.09 Å². The van der Waals surface area contributed by atoms with Crippen molar-refractivity contribution in [1.82, 2.24) is 14.3 Å². The molecule has 6 nitrogen and oxygen atoms in total. The Morgan fingerprint density at radius 1 is 1.14 bits per heavy atom. The quantitative estimate of drug-likeness (QED) is 0.366. The first-order valence-electron chi connectivity index (χ1n) is 13.9. The zero-order valence-corrected chi connectivity index (χ0v) is 25.3. The number of ether oxygens (including phenoxy) is 1. The maximum absolute atomic E-state index is 13.2. The molecule has 2 aromatic rings. The van der Waals surface area contributed by atoms with Crippen LogP contribution in [0.5, 0.6) is 0 Å². The Morgan fingerprint density at radius 3 is 2.28 bits per heavy atom. The number of benzene rings is 1. The van der Waals surface area contributed by atoms with E-state index in [1.807, 2.05) is 33.0 Å². The van der Waals surface area contributed by atoms with Crippen molar-refractivity contribution in [2.24, 2.45) is 0 Å². The van der Waals surface area contributed by atoms with Gasteiger partial charge in [-0.15, -0.1) is 0 Å². The first-order chi connectivity index (χ1) is 16.7. The first-order valence-corrected chi connectivity index (χ1v) is 16.1. The fourth-order valence-electron chi connectivity index (χ4n) is 7.18. The van der Waals surface area contributed by atoms with E-state index in [4.69, 9.17) is 9.84 Å². The number of likely N-dealkylation sites (tertiary alicyclic amines) is 1. The van der Waals surface area contributed by atoms with Crippen molar-refractivity contribution in [3.63, 3.8) is 0 Å². The molecule has 202 valence electrons. The molecule has 1 aromatic heterocycles. The van der Waals surface area contributed by atoms with Crippen LogP contribution in [0.2, 0.25) is 16.6 Å². The second-order valence-electron chi connectivity index (χ2n) is 12.7. The van der Waals surface area contributed by atoms with Gasteiger partial charge in [0.15, 0.2) is 8.24 Å². The van der Waals surface area contributed by atoms with Gasteiger partial charge in [-0.1, -0.05) is 61.0 Å². The monoisotopic (exact) mass is 515 g/mol. The van der Waals surface area contributed by atoms with Crippen LogP contribution in [0.1, 0.15) is 107 Å². The zero-order valence-electron chi connectivity index (χ0n) is 24.3. The van der Waals surface area contributed by atoms with Gasteiger partial charge in [-0.2, -0.15) is 5.10 Å². The standard InChI is InChI=1S/C29H49N3O3Si/c1-11-15-29(16-12-17-31(29)27(34)35-28(8,9)10)26(33)23-13-14-25-24(18-23)19-30-32(25)36(20(2)3,21(4)5)22(6)7/h13-14,18-22,26,33H,11-12,15-17H2,1-10H3. The van der Waals surface area contributed by atoms with Gasteiger partial charge in [0.1, 0.15) is 11.7 Å². The molecule has 1 amide bonds. The summed E-state index contributed by atoms with van der Waals surface area (Å²) in [6.45, 7) is 22.5. The van der Waals surface area contributed by atoms with Crippen LogP contribution in [-0.4, -0.2) is 51.5 Å². The van der Waals surface area contributed by atoms with Crippen LogP contribution in [0.4, 0.5) is 4.79 Å². The van der Waals surface area contributed by atoms with Crippen molar-refractivity contribution < 1.29 is 14.6 Å². The minimum absolute atomic E-state index is 0.331. The fourth-order valence-corrected chi connectivity index (χ4v) is 13.5. The molecule has 3 rings (SSSR count). The molecule has 0 radical (unpaired) electrons. The minimum Gasteiger partial charge on any atom is -0.444 e. The van der Waals surface area contributed by atoms with Crippen molar-refractivity contribution in [2.75, 3.05) is 6.54 Å². The van der Waals surface area contributed by atoms with Crippen LogP contribution >= 0.6 is 0 Å². The molecule has 1 aromatic carbocycles. The van der Waals surface area contributed by atoms with E-state index < -0.39 is 25.5 Å². The second-order valence-corrected chi connectivity index (χ2v) is 18.4. The number of carbonyl (C=O) groups is 1. The topological polar surface area (TPSA) is 67.6 Å². The van der Waals surface area contributed by atoms with Crippen molar-refractivity contribution in [3.8, 4) is 0 Å². The zero-order chi connectivity index (χ0) is 27.1. The molecule has 7 heteroatoms. The summed E-state index contributed by atoms with van der Waals surface area (Å²) < 4.78 is 8.12. The van der Waals surface area contributed by atoms with Crippen LogP contribution < -0.4 is 0 Å². The van der Waals surface area contributed by atoms with E-state index in [-0.39, 0.29) is 6.09 Å². The van der Waals surface area contributed by atoms with Crippen molar-refractivity contribution >= 4 is 25.2 Å². The lowest BCUT2D eigenvalue weighted by Crippen LogP contribution is -2.53. The third-order valence-electron chi connectivity index (χ3n) is 8.38. The molecule has 0 spiro atoms. The molecule has 1 fully saturated rings. The highest BCUT2D eigenvalue weighted by Gasteiger charge is 2.50. The number of carbonyl (C=O) groups excluding carboxylic acids is 1. The lowest BCUT2D eigenvalue weighted by Gasteiger charge is -2.43. The molecule has 1 aliphatic heterocycles. The Bertz CT molecular complexity index is 1030. The largest absolute Gasteiger partial charge is 0.444 e. The third-order valence-corrected chi connectivity index (χ3v) is 15.0. The number of rotatable bonds is 8. The number of fused-ring (bicyclic) bond motifs is 1. The van der Waals surface area contributed by atoms with Gasteiger partial charge in [-0.05, 0) is 74.4 Å². The lowest BCUT2D eigenvalue weighted by molar-refractivity contribution is -0.0376. The Balaban J connectivity index is 2.06. The van der Waals surface area contributed by atoms with Crippen LogP contribution in [-0.2, 0) is 4.74 Å². The Labute approximate surface area is 219 Å². The average molecular weight is 516 g/mol. The van der Waals surface area contributed by atoms with Crippen molar-refractivity contribution in [1.29, 1.82) is 0 Å². The molecule has 0 saturated carbocycles. The molecule has 2 unspecified atom stereocenters. The van der Waals surface area contributed by atoms with Gasteiger partial charge in [-0.25, -0.2) is 4.79 Å². The number of hydrogen-bond acceptors (Lipinski definition) is 4. The molecule has 1 saturated heterocycles. The van der Waals surface area contributed by atoms with Gasteiger partial charge in [0, 0.05) is 11.9 Å².